The summed E-state index contributed by atoms with van der Waals surface area (Å²) in [6, 6.07) is -1.25. The van der Waals surface area contributed by atoms with E-state index < -0.39 is 75.2 Å². The molecule has 13 nitrogen and oxygen atoms in total. The Morgan fingerprint density at radius 2 is 0.894 bits per heavy atom. The van der Waals surface area contributed by atoms with E-state index in [1.807, 2.05) is 0 Å². The van der Waals surface area contributed by atoms with Gasteiger partial charge >= 0.3 is 7.82 Å². The van der Waals surface area contributed by atoms with E-state index in [1.54, 1.807) is 6.08 Å². The maximum atomic E-state index is 13.0. The number of aliphatic hydroxyl groups is 7. The van der Waals surface area contributed by atoms with Crippen LogP contribution in [0.1, 0.15) is 239 Å². The third-order valence-electron chi connectivity index (χ3n) is 13.0. The van der Waals surface area contributed by atoms with Gasteiger partial charge in [-0.15, -0.1) is 0 Å². The van der Waals surface area contributed by atoms with Gasteiger partial charge in [0.25, 0.3) is 0 Å². The molecule has 0 bridgehead atoms. The fourth-order valence-corrected chi connectivity index (χ4v) is 9.64. The lowest BCUT2D eigenvalue weighted by Crippen LogP contribution is -2.64. The number of allylic oxidation sites excluding steroid dienone is 3. The molecule has 0 heterocycles. The number of carbonyl (C=O) groups is 1. The van der Waals surface area contributed by atoms with Gasteiger partial charge in [0, 0.05) is 0 Å². The van der Waals surface area contributed by atoms with Crippen LogP contribution < -0.4 is 5.32 Å². The molecule has 0 aromatic carbocycles. The molecular formula is C52H100NO12P. The van der Waals surface area contributed by atoms with Gasteiger partial charge in [0.15, 0.2) is 0 Å². The van der Waals surface area contributed by atoms with Crippen LogP contribution in [0.25, 0.3) is 0 Å². The fraction of sp³-hybridized carbons (Fsp3) is 0.904. The molecule has 1 saturated carbocycles. The van der Waals surface area contributed by atoms with Crippen LogP contribution in [0, 0.1) is 0 Å². The molecule has 1 fully saturated rings. The van der Waals surface area contributed by atoms with Crippen molar-refractivity contribution in [1.82, 2.24) is 5.32 Å². The smallest absolute Gasteiger partial charge is 0.393 e. The molecule has 0 aromatic rings. The van der Waals surface area contributed by atoms with Crippen molar-refractivity contribution in [3.63, 3.8) is 0 Å². The summed E-state index contributed by atoms with van der Waals surface area (Å²) in [4.78, 5) is 23.5. The van der Waals surface area contributed by atoms with Gasteiger partial charge in [-0.2, -0.15) is 0 Å². The molecule has 1 aliphatic carbocycles. The van der Waals surface area contributed by atoms with Crippen molar-refractivity contribution >= 4 is 13.7 Å². The number of aliphatic hydroxyl groups excluding tert-OH is 7. The minimum Gasteiger partial charge on any atom is -0.393 e. The summed E-state index contributed by atoms with van der Waals surface area (Å²) >= 11 is 0. The first-order valence-corrected chi connectivity index (χ1v) is 28.4. The van der Waals surface area contributed by atoms with E-state index in [-0.39, 0.29) is 6.42 Å². The average molecular weight is 962 g/mol. The molecule has 66 heavy (non-hydrogen) atoms. The maximum absolute atomic E-state index is 13.0. The Labute approximate surface area is 401 Å². The summed E-state index contributed by atoms with van der Waals surface area (Å²) in [5.74, 6) is -0.599. The summed E-state index contributed by atoms with van der Waals surface area (Å²) in [6.07, 6.45) is 34.1. The highest BCUT2D eigenvalue weighted by atomic mass is 31.2. The Balaban J connectivity index is 2.49. The predicted molar refractivity (Wildman–Crippen MR) is 266 cm³/mol. The zero-order valence-corrected chi connectivity index (χ0v) is 42.5. The average Bonchev–Trinajstić information content (AvgIpc) is 3.29. The topological polar surface area (TPSA) is 226 Å². The summed E-state index contributed by atoms with van der Waals surface area (Å²) < 4.78 is 22.9. The lowest BCUT2D eigenvalue weighted by atomic mass is 9.85. The first-order valence-electron chi connectivity index (χ1n) is 26.9. The van der Waals surface area contributed by atoms with Gasteiger partial charge in [-0.25, -0.2) is 4.57 Å². The number of carbonyl (C=O) groups excluding carboxylic acids is 1. The van der Waals surface area contributed by atoms with Gasteiger partial charge in [-0.3, -0.25) is 13.8 Å². The fourth-order valence-electron chi connectivity index (χ4n) is 8.67. The summed E-state index contributed by atoms with van der Waals surface area (Å²) in [5.41, 5.74) is 0. The van der Waals surface area contributed by atoms with Crippen LogP contribution in [-0.2, 0) is 18.4 Å². The molecule has 14 heteroatoms. The molecule has 1 amide bonds. The molecule has 0 spiro atoms. The van der Waals surface area contributed by atoms with Gasteiger partial charge in [-0.1, -0.05) is 224 Å². The van der Waals surface area contributed by atoms with E-state index in [0.29, 0.717) is 12.8 Å². The molecule has 0 saturated heterocycles. The molecule has 0 aromatic heterocycles. The van der Waals surface area contributed by atoms with Gasteiger partial charge in [0.2, 0.25) is 5.91 Å². The van der Waals surface area contributed by atoms with E-state index in [9.17, 15) is 50.0 Å². The van der Waals surface area contributed by atoms with Crippen molar-refractivity contribution in [2.75, 3.05) is 6.61 Å². The highest BCUT2D eigenvalue weighted by Gasteiger charge is 2.51. The Kier molecular flexibility index (Phi) is 39.5. The van der Waals surface area contributed by atoms with Crippen LogP contribution in [0.5, 0.6) is 0 Å². The second-order valence-corrected chi connectivity index (χ2v) is 20.7. The van der Waals surface area contributed by atoms with E-state index in [1.165, 1.54) is 167 Å². The van der Waals surface area contributed by atoms with Gasteiger partial charge < -0.3 is 46.0 Å². The van der Waals surface area contributed by atoms with Crippen molar-refractivity contribution in [3.05, 3.63) is 24.3 Å². The van der Waals surface area contributed by atoms with E-state index in [4.69, 9.17) is 9.05 Å². The number of unbranched alkanes of at least 4 members (excludes halogenated alkanes) is 30. The van der Waals surface area contributed by atoms with Crippen molar-refractivity contribution in [2.24, 2.45) is 0 Å². The number of hydrogen-bond donors (Lipinski definition) is 9. The Morgan fingerprint density at radius 3 is 1.33 bits per heavy atom. The quantitative estimate of drug-likeness (QED) is 0.0158. The van der Waals surface area contributed by atoms with Crippen LogP contribution in [0.2, 0.25) is 0 Å². The lowest BCUT2D eigenvalue weighted by Gasteiger charge is -2.41. The second-order valence-electron chi connectivity index (χ2n) is 19.3. The molecule has 0 aliphatic heterocycles. The minimum atomic E-state index is -5.15. The van der Waals surface area contributed by atoms with Crippen molar-refractivity contribution in [3.8, 4) is 0 Å². The first kappa shape index (κ1) is 62.8. The van der Waals surface area contributed by atoms with E-state index in [2.05, 4.69) is 31.3 Å². The van der Waals surface area contributed by atoms with Crippen molar-refractivity contribution in [1.29, 1.82) is 0 Å². The number of hydrogen-bond acceptors (Lipinski definition) is 11. The number of rotatable bonds is 45. The Morgan fingerprint density at radius 1 is 0.530 bits per heavy atom. The normalized spacial score (nSPS) is 22.5. The van der Waals surface area contributed by atoms with E-state index >= 15 is 0 Å². The first-order chi connectivity index (χ1) is 31.8. The number of nitrogens with one attached hydrogen (secondary N) is 1. The molecule has 9 N–H and O–H groups in total. The Hall–Kier alpha value is -1.22. The highest BCUT2D eigenvalue weighted by molar-refractivity contribution is 7.47. The van der Waals surface area contributed by atoms with Crippen LogP contribution in [0.4, 0.5) is 0 Å². The zero-order valence-electron chi connectivity index (χ0n) is 41.6. The maximum Gasteiger partial charge on any atom is 0.472 e. The SMILES string of the molecule is CCCCCCCCCCCCCCCC/C=C/CC/C=C/C(O)C(COP(=O)(O)OC1C(O)C(O)C(O)C(O)C1O)NC(=O)CC(O)CCCCCCCCCCCCCCCCCC. The molecule has 8 atom stereocenters. The summed E-state index contributed by atoms with van der Waals surface area (Å²) in [6.45, 7) is 3.76. The second kappa shape index (κ2) is 41.6. The summed E-state index contributed by atoms with van der Waals surface area (Å²) in [5, 5.41) is 74.7. The molecule has 1 rings (SSSR count). The molecular weight excluding hydrogens is 862 g/mol. The Bertz CT molecular complexity index is 1230. The van der Waals surface area contributed by atoms with Crippen molar-refractivity contribution < 1.29 is 59.0 Å². The number of phosphoric ester groups is 1. The van der Waals surface area contributed by atoms with Crippen LogP contribution in [0.3, 0.4) is 0 Å². The largest absolute Gasteiger partial charge is 0.472 e. The minimum absolute atomic E-state index is 0.248. The van der Waals surface area contributed by atoms with Crippen molar-refractivity contribution in [2.45, 2.75) is 293 Å². The molecule has 8 unspecified atom stereocenters. The standard InChI is InChI=1S/C52H100NO12P/c1-3-5-7-9-11-13-15-17-19-21-22-23-24-26-28-30-32-34-36-38-40-45(55)44(42-64-66(62,63)65-52-50(60)48(58)47(57)49(59)51(52)61)53-46(56)41-43(54)39-37-35-33-31-29-27-25-20-18-16-14-12-10-8-6-4-2/h30,32,38,40,43-45,47-52,54-55,57-61H,3-29,31,33-37,39,41-42H2,1-2H3,(H,53,56)(H,62,63)/b32-30+,40-38+. The third-order valence-corrected chi connectivity index (χ3v) is 14.0. The van der Waals surface area contributed by atoms with Crippen LogP contribution in [-0.4, -0.2) is 108 Å². The van der Waals surface area contributed by atoms with Gasteiger partial charge in [-0.05, 0) is 32.1 Å². The highest BCUT2D eigenvalue weighted by Crippen LogP contribution is 2.47. The molecule has 0 radical (unpaired) electrons. The van der Waals surface area contributed by atoms with Crippen LogP contribution in [0.15, 0.2) is 24.3 Å². The van der Waals surface area contributed by atoms with E-state index in [0.717, 1.165) is 44.9 Å². The van der Waals surface area contributed by atoms with Gasteiger partial charge in [0.05, 0.1) is 31.3 Å². The predicted octanol–water partition coefficient (Wildman–Crippen LogP) is 10.3. The monoisotopic (exact) mass is 962 g/mol. The van der Waals surface area contributed by atoms with Crippen LogP contribution >= 0.6 is 7.82 Å². The molecule has 1 aliphatic rings. The number of phosphoric acid groups is 1. The molecule has 390 valence electrons. The lowest BCUT2D eigenvalue weighted by molar-refractivity contribution is -0.220. The van der Waals surface area contributed by atoms with Gasteiger partial charge in [0.1, 0.15) is 36.6 Å². The third kappa shape index (κ3) is 32.6. The summed E-state index contributed by atoms with van der Waals surface area (Å²) in [7, 11) is -5.15. The number of amides is 1. The zero-order chi connectivity index (χ0) is 48.7.